The molecule has 0 spiro atoms. The Morgan fingerprint density at radius 1 is 1.27 bits per heavy atom. The maximum Gasteiger partial charge on any atom is 0.263 e. The molecule has 26 heavy (non-hydrogen) atoms. The molecule has 1 N–H and O–H groups in total. The fraction of sp³-hybridized carbons (Fsp3) is 0.222. The predicted octanol–water partition coefficient (Wildman–Crippen LogP) is 2.07. The van der Waals surface area contributed by atoms with Gasteiger partial charge in [0.25, 0.3) is 11.5 Å². The second kappa shape index (κ2) is 8.01. The number of carbonyl (C=O) groups is 1. The first kappa shape index (κ1) is 17.9. The van der Waals surface area contributed by atoms with E-state index in [1.54, 1.807) is 31.2 Å². The molecule has 8 heteroatoms. The zero-order valence-electron chi connectivity index (χ0n) is 14.5. The van der Waals surface area contributed by atoms with Crippen LogP contribution < -0.4 is 5.56 Å². The Balaban J connectivity index is 1.67. The molecule has 1 amide bonds. The summed E-state index contributed by atoms with van der Waals surface area (Å²) in [6.45, 7) is 0.313. The molecule has 0 atom stereocenters. The first-order valence-electron chi connectivity index (χ1n) is 8.02. The smallest absolute Gasteiger partial charge is 0.263 e. The second-order valence-electron chi connectivity index (χ2n) is 5.79. The lowest BCUT2D eigenvalue weighted by Crippen LogP contribution is -2.32. The molecule has 0 bridgehead atoms. The van der Waals surface area contributed by atoms with Gasteiger partial charge in [-0.15, -0.1) is 11.8 Å². The largest absolute Gasteiger partial charge is 0.337 e. The maximum absolute atomic E-state index is 12.5. The average Bonchev–Trinajstić information content (AvgIpc) is 3.05. The third-order valence-electron chi connectivity index (χ3n) is 3.85. The lowest BCUT2D eigenvalue weighted by atomic mass is 10.3. The highest BCUT2D eigenvalue weighted by Crippen LogP contribution is 2.20. The van der Waals surface area contributed by atoms with Gasteiger partial charge in [0.05, 0.1) is 12.3 Å². The van der Waals surface area contributed by atoms with Crippen LogP contribution >= 0.6 is 11.8 Å². The molecule has 0 fully saturated rings. The van der Waals surface area contributed by atoms with Crippen molar-refractivity contribution in [3.63, 3.8) is 0 Å². The number of aromatic amines is 1. The van der Waals surface area contributed by atoms with Crippen LogP contribution in [0, 0.1) is 0 Å². The Morgan fingerprint density at radius 2 is 2.04 bits per heavy atom. The molecule has 3 aromatic rings. The van der Waals surface area contributed by atoms with Crippen molar-refractivity contribution < 1.29 is 4.79 Å². The number of rotatable bonds is 6. The number of nitrogens with one attached hydrogen (secondary N) is 1. The second-order valence-corrected chi connectivity index (χ2v) is 6.84. The minimum atomic E-state index is -0.430. The van der Waals surface area contributed by atoms with Gasteiger partial charge in [-0.3, -0.25) is 9.59 Å². The molecule has 0 saturated carbocycles. The van der Waals surface area contributed by atoms with Crippen LogP contribution in [0.4, 0.5) is 0 Å². The first-order valence-corrected chi connectivity index (χ1v) is 9.01. The van der Waals surface area contributed by atoms with E-state index in [1.807, 2.05) is 41.9 Å². The lowest BCUT2D eigenvalue weighted by Gasteiger charge is -2.16. The number of benzene rings is 1. The number of nitrogens with zero attached hydrogens (tertiary/aromatic N) is 4. The summed E-state index contributed by atoms with van der Waals surface area (Å²) in [7, 11) is 3.49. The highest BCUT2D eigenvalue weighted by Gasteiger charge is 2.18. The molecule has 7 nitrogen and oxygen atoms in total. The molecule has 0 radical (unpaired) electrons. The summed E-state index contributed by atoms with van der Waals surface area (Å²) in [5.41, 5.74) is -0.407. The number of aromatic nitrogens is 4. The van der Waals surface area contributed by atoms with Crippen molar-refractivity contribution in [2.45, 2.75) is 17.2 Å². The molecular weight excluding hydrogens is 350 g/mol. The minimum absolute atomic E-state index is 0.0233. The molecule has 134 valence electrons. The Bertz CT molecular complexity index is 951. The standard InChI is InChI=1S/C18H19N5O2S/c1-22-9-8-19-16(22)11-23(2)18(25)14-10-20-15(21-17(14)24)12-26-13-6-4-3-5-7-13/h3-10H,11-12H2,1-2H3,(H,20,21,24). The summed E-state index contributed by atoms with van der Waals surface area (Å²) in [5.74, 6) is 1.41. The van der Waals surface area contributed by atoms with Gasteiger partial charge in [-0.05, 0) is 12.1 Å². The van der Waals surface area contributed by atoms with E-state index in [4.69, 9.17) is 0 Å². The highest BCUT2D eigenvalue weighted by atomic mass is 32.2. The molecule has 0 aliphatic heterocycles. The molecule has 0 aliphatic rings. The normalized spacial score (nSPS) is 10.7. The van der Waals surface area contributed by atoms with Crippen molar-refractivity contribution >= 4 is 17.7 Å². The monoisotopic (exact) mass is 369 g/mol. The number of amides is 1. The van der Waals surface area contributed by atoms with E-state index in [0.29, 0.717) is 18.1 Å². The highest BCUT2D eigenvalue weighted by molar-refractivity contribution is 7.98. The summed E-state index contributed by atoms with van der Waals surface area (Å²) in [6, 6.07) is 9.85. The van der Waals surface area contributed by atoms with E-state index < -0.39 is 5.56 Å². The molecule has 2 heterocycles. The van der Waals surface area contributed by atoms with Gasteiger partial charge >= 0.3 is 0 Å². The Morgan fingerprint density at radius 3 is 2.69 bits per heavy atom. The van der Waals surface area contributed by atoms with E-state index in [0.717, 1.165) is 10.7 Å². The van der Waals surface area contributed by atoms with Gasteiger partial charge in [-0.1, -0.05) is 18.2 Å². The molecule has 3 rings (SSSR count). The zero-order chi connectivity index (χ0) is 18.5. The van der Waals surface area contributed by atoms with Crippen molar-refractivity contribution in [1.29, 1.82) is 0 Å². The Labute approximate surface area is 155 Å². The van der Waals surface area contributed by atoms with Gasteiger partial charge in [0.15, 0.2) is 0 Å². The Kier molecular flexibility index (Phi) is 5.52. The summed E-state index contributed by atoms with van der Waals surface area (Å²) in [6.07, 6.45) is 4.82. The third-order valence-corrected chi connectivity index (χ3v) is 4.87. The van der Waals surface area contributed by atoms with Gasteiger partial charge in [-0.25, -0.2) is 9.97 Å². The van der Waals surface area contributed by atoms with Crippen LogP contribution in [0.5, 0.6) is 0 Å². The quantitative estimate of drug-likeness (QED) is 0.673. The van der Waals surface area contributed by atoms with E-state index >= 15 is 0 Å². The van der Waals surface area contributed by atoms with Crippen LogP contribution in [0.1, 0.15) is 22.0 Å². The topological polar surface area (TPSA) is 83.9 Å². The van der Waals surface area contributed by atoms with Gasteiger partial charge in [0.1, 0.15) is 17.2 Å². The van der Waals surface area contributed by atoms with Crippen LogP contribution in [0.2, 0.25) is 0 Å². The number of hydrogen-bond acceptors (Lipinski definition) is 5. The van der Waals surface area contributed by atoms with E-state index in [1.165, 1.54) is 11.1 Å². The van der Waals surface area contributed by atoms with Crippen molar-refractivity contribution in [2.75, 3.05) is 7.05 Å². The van der Waals surface area contributed by atoms with Crippen LogP contribution in [-0.4, -0.2) is 37.4 Å². The van der Waals surface area contributed by atoms with Crippen molar-refractivity contribution in [3.05, 3.63) is 76.5 Å². The number of thioether (sulfide) groups is 1. The van der Waals surface area contributed by atoms with E-state index in [2.05, 4.69) is 15.0 Å². The third kappa shape index (κ3) is 4.20. The van der Waals surface area contributed by atoms with E-state index in [9.17, 15) is 9.59 Å². The predicted molar refractivity (Wildman–Crippen MR) is 99.9 cm³/mol. The van der Waals surface area contributed by atoms with Gasteiger partial charge in [0, 0.05) is 37.6 Å². The van der Waals surface area contributed by atoms with Crippen molar-refractivity contribution in [1.82, 2.24) is 24.4 Å². The fourth-order valence-corrected chi connectivity index (χ4v) is 3.16. The maximum atomic E-state index is 12.5. The summed E-state index contributed by atoms with van der Waals surface area (Å²) < 4.78 is 1.83. The number of carbonyl (C=O) groups excluding carboxylic acids is 1. The lowest BCUT2D eigenvalue weighted by molar-refractivity contribution is 0.0778. The molecular formula is C18H19N5O2S. The van der Waals surface area contributed by atoms with Gasteiger partial charge in [0.2, 0.25) is 0 Å². The minimum Gasteiger partial charge on any atom is -0.337 e. The zero-order valence-corrected chi connectivity index (χ0v) is 15.4. The molecule has 0 unspecified atom stereocenters. The molecule has 1 aromatic carbocycles. The summed E-state index contributed by atoms with van der Waals surface area (Å²) in [4.78, 5) is 38.5. The van der Waals surface area contributed by atoms with Crippen LogP contribution in [-0.2, 0) is 19.3 Å². The van der Waals surface area contributed by atoms with Crippen molar-refractivity contribution in [2.24, 2.45) is 7.05 Å². The van der Waals surface area contributed by atoms with Gasteiger partial charge in [-0.2, -0.15) is 0 Å². The number of H-pyrrole nitrogens is 1. The van der Waals surface area contributed by atoms with Crippen LogP contribution in [0.25, 0.3) is 0 Å². The van der Waals surface area contributed by atoms with Crippen molar-refractivity contribution in [3.8, 4) is 0 Å². The number of hydrogen-bond donors (Lipinski definition) is 1. The van der Waals surface area contributed by atoms with E-state index in [-0.39, 0.29) is 11.5 Å². The number of imidazole rings is 1. The summed E-state index contributed by atoms with van der Waals surface area (Å²) >= 11 is 1.57. The first-order chi connectivity index (χ1) is 12.5. The number of aryl methyl sites for hydroxylation is 1. The fourth-order valence-electron chi connectivity index (χ4n) is 2.36. The Hall–Kier alpha value is -2.87. The SMILES string of the molecule is CN(Cc1nccn1C)C(=O)c1cnc(CSc2ccccc2)[nH]c1=O. The molecule has 0 saturated heterocycles. The summed E-state index contributed by atoms with van der Waals surface area (Å²) in [5, 5.41) is 0. The molecule has 2 aromatic heterocycles. The van der Waals surface area contributed by atoms with Gasteiger partial charge < -0.3 is 14.5 Å². The van der Waals surface area contributed by atoms with Crippen LogP contribution in [0.3, 0.4) is 0 Å². The molecule has 0 aliphatic carbocycles. The van der Waals surface area contributed by atoms with Crippen LogP contribution in [0.15, 0.2) is 58.6 Å². The average molecular weight is 369 g/mol.